The van der Waals surface area contributed by atoms with E-state index in [4.69, 9.17) is 5.73 Å². The lowest BCUT2D eigenvalue weighted by atomic mass is 9.97. The zero-order valence-electron chi connectivity index (χ0n) is 8.15. The van der Waals surface area contributed by atoms with E-state index in [2.05, 4.69) is 19.3 Å². The van der Waals surface area contributed by atoms with Crippen molar-refractivity contribution in [1.29, 1.82) is 0 Å². The van der Waals surface area contributed by atoms with Gasteiger partial charge in [-0.1, -0.05) is 13.3 Å². The number of hydrogen-bond acceptors (Lipinski definition) is 3. The molecule has 0 aromatic heterocycles. The van der Waals surface area contributed by atoms with Crippen LogP contribution in [-0.2, 0) is 0 Å². The van der Waals surface area contributed by atoms with E-state index in [1.165, 1.54) is 0 Å². The minimum Gasteiger partial charge on any atom is -0.329 e. The summed E-state index contributed by atoms with van der Waals surface area (Å²) in [5.74, 6) is 0. The third-order valence-corrected chi connectivity index (χ3v) is 1.75. The van der Waals surface area contributed by atoms with Gasteiger partial charge in [-0.25, -0.2) is 5.43 Å². The Labute approximate surface area is 69.9 Å². The third-order valence-electron chi connectivity index (χ3n) is 1.75. The Hall–Kier alpha value is -0.120. The van der Waals surface area contributed by atoms with Crippen LogP contribution in [0.2, 0.25) is 0 Å². The summed E-state index contributed by atoms with van der Waals surface area (Å²) in [5, 5.41) is 1.96. The fraction of sp³-hybridized carbons (Fsp3) is 1.00. The van der Waals surface area contributed by atoms with Crippen molar-refractivity contribution in [3.63, 3.8) is 0 Å². The predicted molar refractivity (Wildman–Crippen MR) is 49.2 cm³/mol. The summed E-state index contributed by atoms with van der Waals surface area (Å²) in [5.41, 5.74) is 9.04. The van der Waals surface area contributed by atoms with Gasteiger partial charge < -0.3 is 5.73 Å². The normalized spacial score (nSPS) is 16.9. The quantitative estimate of drug-likeness (QED) is 0.576. The number of hydrazine groups is 1. The van der Waals surface area contributed by atoms with Gasteiger partial charge in [-0.3, -0.25) is 5.01 Å². The molecular formula is C8H21N3. The molecular weight excluding hydrogens is 138 g/mol. The van der Waals surface area contributed by atoms with Gasteiger partial charge >= 0.3 is 0 Å². The van der Waals surface area contributed by atoms with Crippen LogP contribution in [0, 0.1) is 0 Å². The van der Waals surface area contributed by atoms with E-state index >= 15 is 0 Å². The van der Waals surface area contributed by atoms with E-state index < -0.39 is 0 Å². The number of nitrogens with two attached hydrogens (primary N) is 1. The first-order valence-corrected chi connectivity index (χ1v) is 4.19. The van der Waals surface area contributed by atoms with Gasteiger partial charge in [0, 0.05) is 26.2 Å². The van der Waals surface area contributed by atoms with Gasteiger partial charge in [-0.2, -0.15) is 0 Å². The number of hydrogen-bond donors (Lipinski definition) is 2. The SMILES string of the molecule is CCCC(C)(CN)NN(C)C. The first-order valence-electron chi connectivity index (χ1n) is 4.19. The molecule has 3 nitrogen and oxygen atoms in total. The molecule has 0 heterocycles. The molecule has 0 aliphatic heterocycles. The van der Waals surface area contributed by atoms with Gasteiger partial charge in [0.1, 0.15) is 0 Å². The maximum absolute atomic E-state index is 5.65. The maximum atomic E-state index is 5.65. The van der Waals surface area contributed by atoms with Crippen LogP contribution in [0.25, 0.3) is 0 Å². The van der Waals surface area contributed by atoms with Crippen LogP contribution in [0.4, 0.5) is 0 Å². The van der Waals surface area contributed by atoms with E-state index in [1.807, 2.05) is 19.1 Å². The molecule has 3 heteroatoms. The van der Waals surface area contributed by atoms with E-state index in [-0.39, 0.29) is 5.54 Å². The van der Waals surface area contributed by atoms with Gasteiger partial charge in [-0.15, -0.1) is 0 Å². The fourth-order valence-corrected chi connectivity index (χ4v) is 1.30. The molecule has 0 aromatic carbocycles. The summed E-state index contributed by atoms with van der Waals surface area (Å²) >= 11 is 0. The average Bonchev–Trinajstić information content (AvgIpc) is 1.87. The topological polar surface area (TPSA) is 41.3 Å². The minimum absolute atomic E-state index is 0.0677. The lowest BCUT2D eigenvalue weighted by Gasteiger charge is -2.32. The van der Waals surface area contributed by atoms with Gasteiger partial charge in [0.15, 0.2) is 0 Å². The molecule has 0 spiro atoms. The van der Waals surface area contributed by atoms with Crippen LogP contribution in [0.1, 0.15) is 26.7 Å². The zero-order valence-corrected chi connectivity index (χ0v) is 8.15. The predicted octanol–water partition coefficient (Wildman–Crippen LogP) is 0.570. The fourth-order valence-electron chi connectivity index (χ4n) is 1.30. The largest absolute Gasteiger partial charge is 0.329 e. The summed E-state index contributed by atoms with van der Waals surface area (Å²) in [6, 6.07) is 0. The van der Waals surface area contributed by atoms with Gasteiger partial charge in [0.25, 0.3) is 0 Å². The Balaban J connectivity index is 3.87. The minimum atomic E-state index is 0.0677. The van der Waals surface area contributed by atoms with Crippen LogP contribution in [0.3, 0.4) is 0 Å². The summed E-state index contributed by atoms with van der Waals surface area (Å²) in [6.07, 6.45) is 2.27. The smallest absolute Gasteiger partial charge is 0.0419 e. The van der Waals surface area contributed by atoms with E-state index in [9.17, 15) is 0 Å². The first kappa shape index (κ1) is 10.9. The second-order valence-corrected chi connectivity index (χ2v) is 3.52. The lowest BCUT2D eigenvalue weighted by molar-refractivity contribution is 0.166. The van der Waals surface area contributed by atoms with Gasteiger partial charge in [0.2, 0.25) is 0 Å². The van der Waals surface area contributed by atoms with Crippen molar-refractivity contribution >= 4 is 0 Å². The van der Waals surface area contributed by atoms with Crippen molar-refractivity contribution in [2.45, 2.75) is 32.2 Å². The second kappa shape index (κ2) is 4.70. The van der Waals surface area contributed by atoms with Gasteiger partial charge in [0.05, 0.1) is 0 Å². The van der Waals surface area contributed by atoms with E-state index in [1.54, 1.807) is 0 Å². The highest BCUT2D eigenvalue weighted by Crippen LogP contribution is 2.09. The van der Waals surface area contributed by atoms with Crippen molar-refractivity contribution < 1.29 is 0 Å². The molecule has 3 N–H and O–H groups in total. The van der Waals surface area contributed by atoms with Crippen LogP contribution in [0.15, 0.2) is 0 Å². The van der Waals surface area contributed by atoms with Crippen LogP contribution in [0.5, 0.6) is 0 Å². The molecule has 1 unspecified atom stereocenters. The Morgan fingerprint density at radius 1 is 1.45 bits per heavy atom. The Bertz CT molecular complexity index is 104. The third kappa shape index (κ3) is 4.35. The Morgan fingerprint density at radius 3 is 2.27 bits per heavy atom. The van der Waals surface area contributed by atoms with E-state index in [0.717, 1.165) is 12.8 Å². The second-order valence-electron chi connectivity index (χ2n) is 3.52. The highest BCUT2D eigenvalue weighted by Gasteiger charge is 2.20. The summed E-state index contributed by atoms with van der Waals surface area (Å²) < 4.78 is 0. The summed E-state index contributed by atoms with van der Waals surface area (Å²) in [7, 11) is 3.98. The van der Waals surface area contributed by atoms with Crippen LogP contribution >= 0.6 is 0 Å². The molecule has 0 aromatic rings. The molecule has 11 heavy (non-hydrogen) atoms. The Morgan fingerprint density at radius 2 is 2.00 bits per heavy atom. The molecule has 0 bridgehead atoms. The highest BCUT2D eigenvalue weighted by atomic mass is 15.5. The molecule has 0 amide bonds. The summed E-state index contributed by atoms with van der Waals surface area (Å²) in [6.45, 7) is 5.00. The van der Waals surface area contributed by atoms with Crippen LogP contribution in [-0.4, -0.2) is 31.2 Å². The number of rotatable bonds is 5. The van der Waals surface area contributed by atoms with E-state index in [0.29, 0.717) is 6.54 Å². The molecule has 0 saturated heterocycles. The summed E-state index contributed by atoms with van der Waals surface area (Å²) in [4.78, 5) is 0. The number of nitrogens with zero attached hydrogens (tertiary/aromatic N) is 1. The first-order chi connectivity index (χ1) is 5.04. The lowest BCUT2D eigenvalue weighted by Crippen LogP contribution is -2.54. The highest BCUT2D eigenvalue weighted by molar-refractivity contribution is 4.81. The maximum Gasteiger partial charge on any atom is 0.0419 e. The molecule has 0 saturated carbocycles. The standard InChI is InChI=1S/C8H21N3/c1-5-6-8(2,7-9)10-11(3)4/h10H,5-7,9H2,1-4H3. The monoisotopic (exact) mass is 159 g/mol. The molecule has 0 aliphatic rings. The van der Waals surface area contributed by atoms with Crippen molar-refractivity contribution in [1.82, 2.24) is 10.4 Å². The average molecular weight is 159 g/mol. The molecule has 1 atom stereocenters. The molecule has 0 radical (unpaired) electrons. The molecule has 0 fully saturated rings. The number of nitrogens with one attached hydrogen (secondary N) is 1. The zero-order chi connectivity index (χ0) is 8.91. The Kier molecular flexibility index (Phi) is 4.65. The molecule has 0 rings (SSSR count). The molecule has 68 valence electrons. The van der Waals surface area contributed by atoms with Gasteiger partial charge in [-0.05, 0) is 13.3 Å². The van der Waals surface area contributed by atoms with Crippen LogP contribution < -0.4 is 11.2 Å². The van der Waals surface area contributed by atoms with Crippen molar-refractivity contribution in [3.8, 4) is 0 Å². The molecule has 0 aliphatic carbocycles. The van der Waals surface area contributed by atoms with Crippen molar-refractivity contribution in [2.75, 3.05) is 20.6 Å². The van der Waals surface area contributed by atoms with Crippen molar-refractivity contribution in [2.24, 2.45) is 5.73 Å². The van der Waals surface area contributed by atoms with Crippen molar-refractivity contribution in [3.05, 3.63) is 0 Å².